The van der Waals surface area contributed by atoms with Gasteiger partial charge >= 0.3 is 5.97 Å². The molecule has 0 radical (unpaired) electrons. The number of likely N-dealkylation sites (tertiary alicyclic amines) is 1. The highest BCUT2D eigenvalue weighted by molar-refractivity contribution is 5.70. The summed E-state index contributed by atoms with van der Waals surface area (Å²) in [6.45, 7) is 4.60. The van der Waals surface area contributed by atoms with Crippen LogP contribution in [-0.2, 0) is 17.8 Å². The van der Waals surface area contributed by atoms with Crippen LogP contribution in [0.2, 0.25) is 0 Å². The second kappa shape index (κ2) is 5.32. The minimum absolute atomic E-state index is 0.176. The smallest absolute Gasteiger partial charge is 0.307 e. The first-order chi connectivity index (χ1) is 8.19. The summed E-state index contributed by atoms with van der Waals surface area (Å²) in [5.74, 6) is -0.834. The average molecular weight is 233 g/mol. The fourth-order valence-electron chi connectivity index (χ4n) is 2.32. The molecule has 2 rings (SSSR count). The first-order valence-corrected chi connectivity index (χ1v) is 6.22. The van der Waals surface area contributed by atoms with Gasteiger partial charge < -0.3 is 5.11 Å². The fraction of sp³-hybridized carbons (Fsp3) is 0.500. The molecule has 0 aliphatic carbocycles. The van der Waals surface area contributed by atoms with Gasteiger partial charge in [-0.15, -0.1) is 0 Å². The summed E-state index contributed by atoms with van der Waals surface area (Å²) in [4.78, 5) is 13.1. The molecule has 1 saturated heterocycles. The van der Waals surface area contributed by atoms with E-state index >= 15 is 0 Å². The molecule has 0 amide bonds. The third kappa shape index (κ3) is 3.07. The molecule has 1 heterocycles. The van der Waals surface area contributed by atoms with Crippen molar-refractivity contribution in [1.29, 1.82) is 0 Å². The van der Waals surface area contributed by atoms with Crippen LogP contribution in [0.25, 0.3) is 0 Å². The highest BCUT2D eigenvalue weighted by Gasteiger charge is 2.27. The van der Waals surface area contributed by atoms with E-state index in [2.05, 4.69) is 36.1 Å². The summed E-state index contributed by atoms with van der Waals surface area (Å²) in [7, 11) is 0. The molecule has 1 aliphatic heterocycles. The number of aliphatic carboxylic acids is 1. The zero-order valence-electron chi connectivity index (χ0n) is 10.2. The number of carboxylic acids is 1. The lowest BCUT2D eigenvalue weighted by Crippen LogP contribution is -2.22. The third-order valence-electron chi connectivity index (χ3n) is 3.46. The van der Waals surface area contributed by atoms with E-state index in [4.69, 9.17) is 5.11 Å². The molecule has 0 saturated carbocycles. The molecule has 1 N–H and O–H groups in total. The second-order valence-corrected chi connectivity index (χ2v) is 4.73. The van der Waals surface area contributed by atoms with Crippen molar-refractivity contribution in [2.24, 2.45) is 5.92 Å². The average Bonchev–Trinajstić information content (AvgIpc) is 2.79. The van der Waals surface area contributed by atoms with Crippen LogP contribution in [0.1, 0.15) is 24.5 Å². The van der Waals surface area contributed by atoms with Gasteiger partial charge in [0.05, 0.1) is 5.92 Å². The number of aryl methyl sites for hydroxylation is 1. The third-order valence-corrected chi connectivity index (χ3v) is 3.46. The van der Waals surface area contributed by atoms with Crippen molar-refractivity contribution in [3.05, 3.63) is 35.4 Å². The summed E-state index contributed by atoms with van der Waals surface area (Å²) >= 11 is 0. The number of nitrogens with zero attached hydrogens (tertiary/aromatic N) is 1. The highest BCUT2D eigenvalue weighted by atomic mass is 16.4. The van der Waals surface area contributed by atoms with Crippen molar-refractivity contribution < 1.29 is 9.90 Å². The standard InChI is InChI=1S/C14H19NO2/c1-2-11-3-5-12(6-4-11)9-15-8-7-13(10-15)14(16)17/h3-6,13H,2,7-10H2,1H3,(H,16,17)/t13-/m1/s1. The molecule has 0 spiro atoms. The Morgan fingerprint density at radius 2 is 2.00 bits per heavy atom. The van der Waals surface area contributed by atoms with Gasteiger partial charge in [-0.2, -0.15) is 0 Å². The van der Waals surface area contributed by atoms with Crippen LogP contribution in [0.3, 0.4) is 0 Å². The Balaban J connectivity index is 1.91. The van der Waals surface area contributed by atoms with Crippen LogP contribution in [0.5, 0.6) is 0 Å². The van der Waals surface area contributed by atoms with Gasteiger partial charge in [0.15, 0.2) is 0 Å². The first kappa shape index (κ1) is 12.1. The van der Waals surface area contributed by atoms with Gasteiger partial charge in [0.2, 0.25) is 0 Å². The van der Waals surface area contributed by atoms with Crippen molar-refractivity contribution in [1.82, 2.24) is 4.90 Å². The Hall–Kier alpha value is -1.35. The van der Waals surface area contributed by atoms with Crippen LogP contribution in [0, 0.1) is 5.92 Å². The number of benzene rings is 1. The van der Waals surface area contributed by atoms with Crippen molar-refractivity contribution in [2.45, 2.75) is 26.3 Å². The normalized spacial score (nSPS) is 20.6. The van der Waals surface area contributed by atoms with Gasteiger partial charge in [-0.1, -0.05) is 31.2 Å². The van der Waals surface area contributed by atoms with E-state index < -0.39 is 5.97 Å². The van der Waals surface area contributed by atoms with Gasteiger partial charge in [-0.25, -0.2) is 0 Å². The van der Waals surface area contributed by atoms with E-state index in [-0.39, 0.29) is 5.92 Å². The van der Waals surface area contributed by atoms with Gasteiger partial charge in [-0.3, -0.25) is 9.69 Å². The molecule has 3 heteroatoms. The maximum atomic E-state index is 10.9. The SMILES string of the molecule is CCc1ccc(CN2CC[C@@H](C(=O)O)C2)cc1. The van der Waals surface area contributed by atoms with E-state index in [9.17, 15) is 4.79 Å². The molecule has 3 nitrogen and oxygen atoms in total. The Bertz CT molecular complexity index is 386. The van der Waals surface area contributed by atoms with Gasteiger partial charge in [-0.05, 0) is 30.5 Å². The van der Waals surface area contributed by atoms with Crippen LogP contribution in [0.4, 0.5) is 0 Å². The molecular weight excluding hydrogens is 214 g/mol. The molecule has 1 aromatic carbocycles. The molecular formula is C14H19NO2. The molecule has 1 aromatic rings. The number of carboxylic acid groups (broad SMARTS) is 1. The maximum Gasteiger partial charge on any atom is 0.307 e. The molecule has 1 fully saturated rings. The highest BCUT2D eigenvalue weighted by Crippen LogP contribution is 2.19. The predicted octanol–water partition coefficient (Wildman–Crippen LogP) is 2.16. The first-order valence-electron chi connectivity index (χ1n) is 6.22. The summed E-state index contributed by atoms with van der Waals surface area (Å²) in [5.41, 5.74) is 2.62. The van der Waals surface area contributed by atoms with Crippen LogP contribution < -0.4 is 0 Å². The summed E-state index contributed by atoms with van der Waals surface area (Å²) in [6.07, 6.45) is 1.84. The van der Waals surface area contributed by atoms with Gasteiger partial charge in [0.1, 0.15) is 0 Å². The quantitative estimate of drug-likeness (QED) is 0.866. The number of hydrogen-bond acceptors (Lipinski definition) is 2. The van der Waals surface area contributed by atoms with Gasteiger partial charge in [0.25, 0.3) is 0 Å². The minimum Gasteiger partial charge on any atom is -0.481 e. The molecule has 1 atom stereocenters. The predicted molar refractivity (Wildman–Crippen MR) is 66.8 cm³/mol. The summed E-state index contributed by atoms with van der Waals surface area (Å²) in [5, 5.41) is 8.94. The van der Waals surface area contributed by atoms with Crippen LogP contribution in [0.15, 0.2) is 24.3 Å². The van der Waals surface area contributed by atoms with Crippen molar-refractivity contribution in [3.8, 4) is 0 Å². The van der Waals surface area contributed by atoms with E-state index in [0.29, 0.717) is 6.54 Å². The van der Waals surface area contributed by atoms with Crippen molar-refractivity contribution >= 4 is 5.97 Å². The minimum atomic E-state index is -0.658. The fourth-order valence-corrected chi connectivity index (χ4v) is 2.32. The molecule has 92 valence electrons. The molecule has 0 bridgehead atoms. The lowest BCUT2D eigenvalue weighted by molar-refractivity contribution is -0.141. The summed E-state index contributed by atoms with van der Waals surface area (Å²) in [6, 6.07) is 8.60. The molecule has 0 unspecified atom stereocenters. The zero-order valence-corrected chi connectivity index (χ0v) is 10.2. The monoisotopic (exact) mass is 233 g/mol. The van der Waals surface area contributed by atoms with E-state index in [1.165, 1.54) is 11.1 Å². The van der Waals surface area contributed by atoms with Crippen molar-refractivity contribution in [2.75, 3.05) is 13.1 Å². The van der Waals surface area contributed by atoms with E-state index in [1.807, 2.05) is 0 Å². The lowest BCUT2D eigenvalue weighted by atomic mass is 10.1. The van der Waals surface area contributed by atoms with Crippen LogP contribution in [-0.4, -0.2) is 29.1 Å². The van der Waals surface area contributed by atoms with Crippen LogP contribution >= 0.6 is 0 Å². The zero-order chi connectivity index (χ0) is 12.3. The van der Waals surface area contributed by atoms with E-state index in [0.717, 1.165) is 25.9 Å². The Labute approximate surface area is 102 Å². The lowest BCUT2D eigenvalue weighted by Gasteiger charge is -2.15. The number of hydrogen-bond donors (Lipinski definition) is 1. The van der Waals surface area contributed by atoms with Gasteiger partial charge in [0, 0.05) is 13.1 Å². The molecule has 17 heavy (non-hydrogen) atoms. The topological polar surface area (TPSA) is 40.5 Å². The molecule has 0 aromatic heterocycles. The Kier molecular flexibility index (Phi) is 3.79. The maximum absolute atomic E-state index is 10.9. The van der Waals surface area contributed by atoms with Crippen molar-refractivity contribution in [3.63, 3.8) is 0 Å². The Morgan fingerprint density at radius 3 is 2.53 bits per heavy atom. The largest absolute Gasteiger partial charge is 0.481 e. The summed E-state index contributed by atoms with van der Waals surface area (Å²) < 4.78 is 0. The molecule has 1 aliphatic rings. The number of rotatable bonds is 4. The van der Waals surface area contributed by atoms with E-state index in [1.54, 1.807) is 0 Å². The number of carbonyl (C=O) groups is 1. The second-order valence-electron chi connectivity index (χ2n) is 4.73. The Morgan fingerprint density at radius 1 is 1.35 bits per heavy atom.